The van der Waals surface area contributed by atoms with E-state index in [1.807, 2.05) is 6.07 Å². The van der Waals surface area contributed by atoms with Crippen molar-refractivity contribution in [3.05, 3.63) is 34.7 Å². The largest absolute Gasteiger partial charge is 0.332 e. The van der Waals surface area contributed by atoms with Crippen LogP contribution >= 0.6 is 11.6 Å². The molecule has 0 aliphatic heterocycles. The molecule has 0 aliphatic carbocycles. The lowest BCUT2D eigenvalue weighted by Crippen LogP contribution is -2.02. The highest BCUT2D eigenvalue weighted by molar-refractivity contribution is 6.32. The van der Waals surface area contributed by atoms with E-state index >= 15 is 0 Å². The van der Waals surface area contributed by atoms with Crippen molar-refractivity contribution >= 4 is 22.5 Å². The van der Waals surface area contributed by atoms with Crippen LogP contribution in [0.25, 0.3) is 10.9 Å². The molecular formula is C11H12ClFN2. The van der Waals surface area contributed by atoms with Crippen molar-refractivity contribution in [2.75, 3.05) is 6.54 Å². The van der Waals surface area contributed by atoms with Crippen molar-refractivity contribution in [1.82, 2.24) is 4.57 Å². The summed E-state index contributed by atoms with van der Waals surface area (Å²) in [5, 5.41) is 1.42. The van der Waals surface area contributed by atoms with Crippen molar-refractivity contribution in [3.63, 3.8) is 0 Å². The van der Waals surface area contributed by atoms with E-state index in [-0.39, 0.29) is 5.82 Å². The van der Waals surface area contributed by atoms with Crippen LogP contribution in [0, 0.1) is 5.82 Å². The molecule has 1 aromatic heterocycles. The average Bonchev–Trinajstić information content (AvgIpc) is 2.45. The highest BCUT2D eigenvalue weighted by Crippen LogP contribution is 2.30. The van der Waals surface area contributed by atoms with E-state index in [1.165, 1.54) is 6.07 Å². The van der Waals surface area contributed by atoms with Crippen molar-refractivity contribution < 1.29 is 4.39 Å². The molecule has 0 fully saturated rings. The van der Waals surface area contributed by atoms with Crippen molar-refractivity contribution in [3.8, 4) is 0 Å². The zero-order valence-corrected chi connectivity index (χ0v) is 9.18. The summed E-state index contributed by atoms with van der Waals surface area (Å²) in [5.41, 5.74) is 6.98. The monoisotopic (exact) mass is 226 g/mol. The summed E-state index contributed by atoms with van der Waals surface area (Å²) in [6.45, 7) is 0.509. The van der Waals surface area contributed by atoms with E-state index in [1.54, 1.807) is 17.7 Å². The molecule has 0 saturated heterocycles. The molecule has 0 atom stereocenters. The minimum Gasteiger partial charge on any atom is -0.332 e. The Hall–Kier alpha value is -1.06. The summed E-state index contributed by atoms with van der Waals surface area (Å²) in [4.78, 5) is 0. The van der Waals surface area contributed by atoms with Crippen LogP contribution in [0.5, 0.6) is 0 Å². The summed E-state index contributed by atoms with van der Waals surface area (Å²) in [6.07, 6.45) is 0.666. The van der Waals surface area contributed by atoms with Crippen molar-refractivity contribution in [2.24, 2.45) is 12.8 Å². The number of benzene rings is 1. The van der Waals surface area contributed by atoms with Crippen LogP contribution in [-0.4, -0.2) is 11.1 Å². The zero-order chi connectivity index (χ0) is 11.0. The van der Waals surface area contributed by atoms with Crippen LogP contribution < -0.4 is 5.73 Å². The fourth-order valence-electron chi connectivity index (χ4n) is 1.89. The van der Waals surface area contributed by atoms with Gasteiger partial charge in [-0.25, -0.2) is 4.39 Å². The molecule has 2 aromatic rings. The molecule has 0 unspecified atom stereocenters. The minimum absolute atomic E-state index is 0.250. The van der Waals surface area contributed by atoms with Gasteiger partial charge in [-0.05, 0) is 24.6 Å². The molecule has 0 aliphatic rings. The van der Waals surface area contributed by atoms with Crippen molar-refractivity contribution in [2.45, 2.75) is 6.42 Å². The predicted octanol–water partition coefficient (Wildman–Crippen LogP) is 2.47. The third kappa shape index (κ3) is 1.52. The van der Waals surface area contributed by atoms with E-state index in [9.17, 15) is 4.39 Å². The molecule has 0 bridgehead atoms. The van der Waals surface area contributed by atoms with Gasteiger partial charge in [0.1, 0.15) is 11.0 Å². The molecule has 2 nitrogen and oxygen atoms in total. The van der Waals surface area contributed by atoms with Crippen LogP contribution in [0.3, 0.4) is 0 Å². The number of nitrogens with zero attached hydrogens (tertiary/aromatic N) is 1. The number of rotatable bonds is 2. The van der Waals surface area contributed by atoms with E-state index in [0.29, 0.717) is 23.6 Å². The smallest absolute Gasteiger partial charge is 0.147 e. The van der Waals surface area contributed by atoms with E-state index < -0.39 is 0 Å². The minimum atomic E-state index is -0.250. The third-order valence-electron chi connectivity index (χ3n) is 2.59. The summed E-state index contributed by atoms with van der Waals surface area (Å²) in [6, 6.07) is 4.99. The second kappa shape index (κ2) is 3.83. The molecule has 2 N–H and O–H groups in total. The third-order valence-corrected chi connectivity index (χ3v) is 3.07. The first-order chi connectivity index (χ1) is 7.16. The van der Waals surface area contributed by atoms with Gasteiger partial charge < -0.3 is 10.3 Å². The molecule has 0 amide bonds. The number of nitrogens with two attached hydrogens (primary N) is 1. The second-order valence-corrected chi connectivity index (χ2v) is 3.86. The molecule has 0 radical (unpaired) electrons. The normalized spacial score (nSPS) is 11.2. The SMILES string of the molecule is Cn1c(Cl)c(CCN)c2cccc(F)c21. The molecule has 80 valence electrons. The van der Waals surface area contributed by atoms with Crippen LogP contribution in [-0.2, 0) is 13.5 Å². The van der Waals surface area contributed by atoms with E-state index in [0.717, 1.165) is 10.9 Å². The Bertz CT molecular complexity index is 505. The Morgan fingerprint density at radius 1 is 1.47 bits per heavy atom. The summed E-state index contributed by atoms with van der Waals surface area (Å²) in [5.74, 6) is -0.250. The van der Waals surface area contributed by atoms with E-state index in [4.69, 9.17) is 17.3 Å². The molecule has 1 heterocycles. The molecule has 2 rings (SSSR count). The lowest BCUT2D eigenvalue weighted by molar-refractivity contribution is 0.632. The number of halogens is 2. The average molecular weight is 227 g/mol. The Labute approximate surface area is 92.4 Å². The summed E-state index contributed by atoms with van der Waals surface area (Å²) in [7, 11) is 1.76. The van der Waals surface area contributed by atoms with Gasteiger partial charge in [0.05, 0.1) is 5.52 Å². The standard InChI is InChI=1S/C11H12ClFN2/c1-15-10-7(3-2-4-9(10)13)8(5-6-14)11(15)12/h2-4H,5-6,14H2,1H3. The molecule has 0 spiro atoms. The number of para-hydroxylation sites is 1. The second-order valence-electron chi connectivity index (χ2n) is 3.50. The Morgan fingerprint density at radius 3 is 2.87 bits per heavy atom. The maximum atomic E-state index is 13.6. The highest BCUT2D eigenvalue weighted by Gasteiger charge is 2.15. The highest BCUT2D eigenvalue weighted by atomic mass is 35.5. The van der Waals surface area contributed by atoms with Crippen LogP contribution in [0.4, 0.5) is 4.39 Å². The molecule has 0 saturated carbocycles. The van der Waals surface area contributed by atoms with Crippen molar-refractivity contribution in [1.29, 1.82) is 0 Å². The fraction of sp³-hybridized carbons (Fsp3) is 0.273. The predicted molar refractivity (Wildman–Crippen MR) is 60.6 cm³/mol. The van der Waals surface area contributed by atoms with Crippen LogP contribution in [0.15, 0.2) is 18.2 Å². The summed E-state index contributed by atoms with van der Waals surface area (Å²) < 4.78 is 15.2. The fourth-order valence-corrected chi connectivity index (χ4v) is 2.17. The summed E-state index contributed by atoms with van der Waals surface area (Å²) >= 11 is 6.13. The first-order valence-corrected chi connectivity index (χ1v) is 5.16. The Morgan fingerprint density at radius 2 is 2.20 bits per heavy atom. The lowest BCUT2D eigenvalue weighted by Gasteiger charge is -1.97. The van der Waals surface area contributed by atoms with Crippen LogP contribution in [0.1, 0.15) is 5.56 Å². The molecule has 15 heavy (non-hydrogen) atoms. The van der Waals surface area contributed by atoms with Gasteiger partial charge >= 0.3 is 0 Å². The van der Waals surface area contributed by atoms with Gasteiger partial charge in [0.25, 0.3) is 0 Å². The number of hydrogen-bond acceptors (Lipinski definition) is 1. The maximum Gasteiger partial charge on any atom is 0.147 e. The molecular weight excluding hydrogens is 215 g/mol. The molecule has 4 heteroatoms. The Balaban J connectivity index is 2.81. The number of fused-ring (bicyclic) bond motifs is 1. The van der Waals surface area contributed by atoms with Gasteiger partial charge in [0.15, 0.2) is 0 Å². The van der Waals surface area contributed by atoms with Gasteiger partial charge in [-0.15, -0.1) is 0 Å². The maximum absolute atomic E-state index is 13.6. The quantitative estimate of drug-likeness (QED) is 0.838. The number of aryl methyl sites for hydroxylation is 1. The lowest BCUT2D eigenvalue weighted by atomic mass is 10.1. The van der Waals surface area contributed by atoms with E-state index in [2.05, 4.69) is 0 Å². The zero-order valence-electron chi connectivity index (χ0n) is 8.43. The van der Waals surface area contributed by atoms with Gasteiger partial charge in [-0.3, -0.25) is 0 Å². The number of hydrogen-bond donors (Lipinski definition) is 1. The van der Waals surface area contributed by atoms with Gasteiger partial charge in [-0.2, -0.15) is 0 Å². The van der Waals surface area contributed by atoms with Gasteiger partial charge in [0.2, 0.25) is 0 Å². The Kier molecular flexibility index (Phi) is 2.67. The molecule has 1 aromatic carbocycles. The first-order valence-electron chi connectivity index (χ1n) is 4.78. The van der Waals surface area contributed by atoms with Crippen LogP contribution in [0.2, 0.25) is 5.15 Å². The van der Waals surface area contributed by atoms with Gasteiger partial charge in [-0.1, -0.05) is 23.7 Å². The topological polar surface area (TPSA) is 30.9 Å². The number of aromatic nitrogens is 1. The van der Waals surface area contributed by atoms with Gasteiger partial charge in [0, 0.05) is 12.4 Å². The first kappa shape index (κ1) is 10.5.